The first-order chi connectivity index (χ1) is 14.6. The molecular weight excluding hydrogens is 386 g/mol. The minimum absolute atomic E-state index is 0.0213. The van der Waals surface area contributed by atoms with Crippen molar-refractivity contribution in [2.75, 3.05) is 25.3 Å². The summed E-state index contributed by atoms with van der Waals surface area (Å²) in [6.07, 6.45) is 2.88. The number of para-hydroxylation sites is 1. The fraction of sp³-hybridized carbons (Fsp3) is 0.143. The molecule has 0 atom stereocenters. The number of hydrogen-bond donors (Lipinski definition) is 2. The fourth-order valence-corrected chi connectivity index (χ4v) is 2.51. The molecule has 0 amide bonds. The predicted molar refractivity (Wildman–Crippen MR) is 112 cm³/mol. The first-order valence-corrected chi connectivity index (χ1v) is 8.96. The van der Waals surface area contributed by atoms with E-state index in [0.717, 1.165) is 5.69 Å². The van der Waals surface area contributed by atoms with E-state index in [-0.39, 0.29) is 24.3 Å². The van der Waals surface area contributed by atoms with E-state index >= 15 is 0 Å². The van der Waals surface area contributed by atoms with Gasteiger partial charge in [-0.3, -0.25) is 0 Å². The fourth-order valence-electron chi connectivity index (χ4n) is 2.51. The zero-order valence-corrected chi connectivity index (χ0v) is 16.5. The topological polar surface area (TPSA) is 121 Å². The van der Waals surface area contributed by atoms with Gasteiger partial charge in [-0.1, -0.05) is 18.2 Å². The largest absolute Gasteiger partial charge is 0.497 e. The summed E-state index contributed by atoms with van der Waals surface area (Å²) in [5.41, 5.74) is 7.23. The molecule has 2 aromatic carbocycles. The summed E-state index contributed by atoms with van der Waals surface area (Å²) in [5.74, 6) is 1.17. The van der Waals surface area contributed by atoms with E-state index in [9.17, 15) is 4.79 Å². The Hall–Kier alpha value is -4.14. The molecule has 154 valence electrons. The van der Waals surface area contributed by atoms with Crippen LogP contribution in [0.15, 0.2) is 54.6 Å². The number of nitrogen functional groups attached to an aromatic ring is 1. The van der Waals surface area contributed by atoms with Crippen LogP contribution in [0, 0.1) is 0 Å². The molecule has 3 aromatic rings. The highest BCUT2D eigenvalue weighted by atomic mass is 16.5. The highest BCUT2D eigenvalue weighted by molar-refractivity contribution is 5.87. The highest BCUT2D eigenvalue weighted by Crippen LogP contribution is 2.25. The molecular formula is C21H21N5O4. The van der Waals surface area contributed by atoms with Crippen molar-refractivity contribution in [3.8, 4) is 11.5 Å². The number of nitrogens with two attached hydrogens (primary N) is 1. The lowest BCUT2D eigenvalue weighted by Gasteiger charge is -2.08. The van der Waals surface area contributed by atoms with Crippen LogP contribution in [-0.4, -0.2) is 35.1 Å². The van der Waals surface area contributed by atoms with E-state index in [1.807, 2.05) is 30.3 Å². The Morgan fingerprint density at radius 2 is 1.87 bits per heavy atom. The number of aromatic nitrogens is 3. The number of benzene rings is 2. The van der Waals surface area contributed by atoms with Crippen LogP contribution in [0.3, 0.4) is 0 Å². The maximum atomic E-state index is 12.1. The van der Waals surface area contributed by atoms with Crippen molar-refractivity contribution in [2.24, 2.45) is 0 Å². The third-order valence-corrected chi connectivity index (χ3v) is 3.91. The van der Waals surface area contributed by atoms with Crippen molar-refractivity contribution >= 4 is 29.6 Å². The highest BCUT2D eigenvalue weighted by Gasteiger charge is 2.08. The average molecular weight is 407 g/mol. The zero-order chi connectivity index (χ0) is 21.3. The molecule has 0 aliphatic rings. The predicted octanol–water partition coefficient (Wildman–Crippen LogP) is 2.97. The molecule has 0 bridgehead atoms. The number of methoxy groups -OCH3 is 2. The summed E-state index contributed by atoms with van der Waals surface area (Å²) in [4.78, 5) is 24.3. The van der Waals surface area contributed by atoms with Gasteiger partial charge in [0.2, 0.25) is 11.9 Å². The first kappa shape index (κ1) is 20.6. The Morgan fingerprint density at radius 3 is 2.60 bits per heavy atom. The molecule has 9 nitrogen and oxygen atoms in total. The Kier molecular flexibility index (Phi) is 6.78. The van der Waals surface area contributed by atoms with Gasteiger partial charge < -0.3 is 25.3 Å². The van der Waals surface area contributed by atoms with Crippen LogP contribution in [0.1, 0.15) is 11.4 Å². The van der Waals surface area contributed by atoms with Crippen molar-refractivity contribution in [3.63, 3.8) is 0 Å². The Labute approximate surface area is 173 Å². The number of carbonyl (C=O) groups excluding carboxylic acids is 1. The molecule has 0 saturated carbocycles. The third-order valence-electron chi connectivity index (χ3n) is 3.91. The van der Waals surface area contributed by atoms with Crippen molar-refractivity contribution < 1.29 is 19.0 Å². The van der Waals surface area contributed by atoms with E-state index in [2.05, 4.69) is 20.3 Å². The molecule has 3 N–H and O–H groups in total. The Bertz CT molecular complexity index is 1040. The molecule has 0 spiro atoms. The van der Waals surface area contributed by atoms with Crippen LogP contribution in [0.2, 0.25) is 0 Å². The van der Waals surface area contributed by atoms with Gasteiger partial charge in [0.1, 0.15) is 11.5 Å². The number of carbonyl (C=O) groups is 1. The number of rotatable bonds is 8. The molecule has 9 heteroatoms. The number of esters is 1. The van der Waals surface area contributed by atoms with Gasteiger partial charge in [-0.05, 0) is 30.3 Å². The van der Waals surface area contributed by atoms with Crippen molar-refractivity contribution in [1.29, 1.82) is 0 Å². The van der Waals surface area contributed by atoms with E-state index < -0.39 is 5.97 Å². The minimum atomic E-state index is -0.565. The lowest BCUT2D eigenvalue weighted by Crippen LogP contribution is -2.10. The maximum Gasteiger partial charge on any atom is 0.331 e. The SMILES string of the molecule is COc1ccc(C=CC(=O)OCc2nc(N)nc(Nc3ccccc3)n2)c(OC)c1. The van der Waals surface area contributed by atoms with Crippen molar-refractivity contribution in [1.82, 2.24) is 15.0 Å². The second-order valence-electron chi connectivity index (χ2n) is 5.97. The smallest absolute Gasteiger partial charge is 0.331 e. The van der Waals surface area contributed by atoms with Crippen LogP contribution in [0.4, 0.5) is 17.6 Å². The van der Waals surface area contributed by atoms with Gasteiger partial charge in [-0.2, -0.15) is 15.0 Å². The monoisotopic (exact) mass is 407 g/mol. The summed E-state index contributed by atoms with van der Waals surface area (Å²) in [6.45, 7) is -0.154. The second kappa shape index (κ2) is 9.87. The molecule has 0 saturated heterocycles. The number of hydrogen-bond acceptors (Lipinski definition) is 9. The summed E-state index contributed by atoms with van der Waals surface area (Å²) in [7, 11) is 3.10. The van der Waals surface area contributed by atoms with Crippen LogP contribution in [0.25, 0.3) is 6.08 Å². The molecule has 3 rings (SSSR count). The van der Waals surface area contributed by atoms with Gasteiger partial charge in [0.15, 0.2) is 12.4 Å². The molecule has 1 heterocycles. The summed E-state index contributed by atoms with van der Waals surface area (Å²) >= 11 is 0. The maximum absolute atomic E-state index is 12.1. The number of anilines is 3. The molecule has 0 unspecified atom stereocenters. The Balaban J connectivity index is 1.62. The lowest BCUT2D eigenvalue weighted by molar-refractivity contribution is -0.139. The van der Waals surface area contributed by atoms with Crippen LogP contribution in [-0.2, 0) is 16.1 Å². The molecule has 0 aliphatic heterocycles. The van der Waals surface area contributed by atoms with Gasteiger partial charge in [-0.25, -0.2) is 4.79 Å². The molecule has 0 fully saturated rings. The number of nitrogens with one attached hydrogen (secondary N) is 1. The second-order valence-corrected chi connectivity index (χ2v) is 5.97. The third kappa shape index (κ3) is 5.68. The van der Waals surface area contributed by atoms with Gasteiger partial charge in [-0.15, -0.1) is 0 Å². The van der Waals surface area contributed by atoms with E-state index in [1.165, 1.54) is 13.2 Å². The zero-order valence-electron chi connectivity index (χ0n) is 16.5. The summed E-state index contributed by atoms with van der Waals surface area (Å²) < 4.78 is 15.6. The molecule has 1 aromatic heterocycles. The summed E-state index contributed by atoms with van der Waals surface area (Å²) in [5, 5.41) is 3.02. The number of nitrogens with zero attached hydrogens (tertiary/aromatic N) is 3. The first-order valence-electron chi connectivity index (χ1n) is 8.96. The quantitative estimate of drug-likeness (QED) is 0.429. The van der Waals surface area contributed by atoms with Gasteiger partial charge in [0, 0.05) is 23.4 Å². The van der Waals surface area contributed by atoms with Crippen LogP contribution >= 0.6 is 0 Å². The normalized spacial score (nSPS) is 10.6. The number of ether oxygens (including phenoxy) is 3. The average Bonchev–Trinajstić information content (AvgIpc) is 2.76. The molecule has 0 radical (unpaired) electrons. The molecule has 30 heavy (non-hydrogen) atoms. The lowest BCUT2D eigenvalue weighted by atomic mass is 10.2. The minimum Gasteiger partial charge on any atom is -0.497 e. The summed E-state index contributed by atoms with van der Waals surface area (Å²) in [6, 6.07) is 14.6. The van der Waals surface area contributed by atoms with Gasteiger partial charge >= 0.3 is 5.97 Å². The van der Waals surface area contributed by atoms with E-state index in [1.54, 1.807) is 31.4 Å². The van der Waals surface area contributed by atoms with Crippen molar-refractivity contribution in [2.45, 2.75) is 6.61 Å². The van der Waals surface area contributed by atoms with E-state index in [4.69, 9.17) is 19.9 Å². The van der Waals surface area contributed by atoms with Gasteiger partial charge in [0.25, 0.3) is 0 Å². The van der Waals surface area contributed by atoms with Gasteiger partial charge in [0.05, 0.1) is 14.2 Å². The van der Waals surface area contributed by atoms with E-state index in [0.29, 0.717) is 17.1 Å². The van der Waals surface area contributed by atoms with Crippen LogP contribution < -0.4 is 20.5 Å². The Morgan fingerprint density at radius 1 is 1.07 bits per heavy atom. The van der Waals surface area contributed by atoms with Crippen LogP contribution in [0.5, 0.6) is 11.5 Å². The van der Waals surface area contributed by atoms with Crippen molar-refractivity contribution in [3.05, 3.63) is 66.0 Å². The molecule has 0 aliphatic carbocycles. The standard InChI is InChI=1S/C21H21N5O4/c1-28-16-10-8-14(17(12-16)29-2)9-11-19(27)30-13-18-24-20(22)26-21(25-18)23-15-6-4-3-5-7-15/h3-12H,13H2,1-2H3,(H3,22,23,24,25,26).